The van der Waals surface area contributed by atoms with Crippen molar-refractivity contribution in [2.24, 2.45) is 0 Å². The van der Waals surface area contributed by atoms with Crippen LogP contribution in [0.4, 0.5) is 0 Å². The van der Waals surface area contributed by atoms with Crippen LogP contribution in [-0.4, -0.2) is 18.1 Å². The molecule has 0 aliphatic heterocycles. The molecule has 2 aromatic rings. The third-order valence-corrected chi connectivity index (χ3v) is 3.75. The second-order valence-electron chi connectivity index (χ2n) is 4.91. The van der Waals surface area contributed by atoms with Crippen molar-refractivity contribution < 1.29 is 14.3 Å². The maximum atomic E-state index is 12.1. The Morgan fingerprint density at radius 3 is 2.57 bits per heavy atom. The van der Waals surface area contributed by atoms with Gasteiger partial charge in [0.2, 0.25) is 0 Å². The van der Waals surface area contributed by atoms with Crippen molar-refractivity contribution in [3.63, 3.8) is 0 Å². The Labute approximate surface area is 147 Å². The number of carbonyl (C=O) groups is 1. The van der Waals surface area contributed by atoms with Gasteiger partial charge in [-0.25, -0.2) is 4.79 Å². The van der Waals surface area contributed by atoms with Gasteiger partial charge in [0.05, 0.1) is 29.8 Å². The molecule has 1 aromatic heterocycles. The highest BCUT2D eigenvalue weighted by molar-refractivity contribution is 6.17. The quantitative estimate of drug-likeness (QED) is 0.594. The summed E-state index contributed by atoms with van der Waals surface area (Å²) in [4.78, 5) is 16.4. The highest BCUT2D eigenvalue weighted by Crippen LogP contribution is 2.26. The molecule has 0 saturated heterocycles. The van der Waals surface area contributed by atoms with Gasteiger partial charge in [0.1, 0.15) is 12.4 Å². The average molecular weight is 356 g/mol. The number of benzene rings is 1. The van der Waals surface area contributed by atoms with Gasteiger partial charge in [-0.1, -0.05) is 18.2 Å². The van der Waals surface area contributed by atoms with Crippen molar-refractivity contribution >= 4 is 30.0 Å². The number of pyridine rings is 1. The summed E-state index contributed by atoms with van der Waals surface area (Å²) in [6.07, 6.45) is 1.63. The third-order valence-electron chi connectivity index (χ3n) is 3.50. The number of nitrogens with zero attached hydrogens (tertiary/aromatic N) is 1. The number of methoxy groups -OCH3 is 1. The molecule has 1 aromatic carbocycles. The van der Waals surface area contributed by atoms with E-state index in [2.05, 4.69) is 4.98 Å². The zero-order chi connectivity index (χ0) is 16.1. The minimum absolute atomic E-state index is 0. The summed E-state index contributed by atoms with van der Waals surface area (Å²) in [6.45, 7) is 3.86. The Kier molecular flexibility index (Phi) is 7.33. The maximum Gasteiger partial charge on any atom is 0.338 e. The van der Waals surface area contributed by atoms with E-state index in [1.54, 1.807) is 19.4 Å². The summed E-state index contributed by atoms with van der Waals surface area (Å²) in [5.41, 5.74) is 3.78. The van der Waals surface area contributed by atoms with Crippen LogP contribution in [0.5, 0.6) is 5.75 Å². The van der Waals surface area contributed by atoms with Crippen molar-refractivity contribution in [2.75, 3.05) is 7.11 Å². The van der Waals surface area contributed by atoms with E-state index >= 15 is 0 Å². The Balaban J connectivity index is 0.00000264. The first-order chi connectivity index (χ1) is 10.6. The molecule has 6 heteroatoms. The lowest BCUT2D eigenvalue weighted by molar-refractivity contribution is 0.0469. The smallest absolute Gasteiger partial charge is 0.338 e. The van der Waals surface area contributed by atoms with E-state index in [0.717, 1.165) is 22.4 Å². The normalized spacial score (nSPS) is 9.91. The fourth-order valence-corrected chi connectivity index (χ4v) is 2.50. The van der Waals surface area contributed by atoms with E-state index in [4.69, 9.17) is 21.1 Å². The van der Waals surface area contributed by atoms with Crippen LogP contribution in [0.15, 0.2) is 30.5 Å². The first kappa shape index (κ1) is 19.3. The molecule has 0 fully saturated rings. The monoisotopic (exact) mass is 355 g/mol. The van der Waals surface area contributed by atoms with Gasteiger partial charge in [0.15, 0.2) is 0 Å². The fourth-order valence-electron chi connectivity index (χ4n) is 2.23. The Bertz CT molecular complexity index is 690. The van der Waals surface area contributed by atoms with E-state index in [1.807, 2.05) is 32.0 Å². The lowest BCUT2D eigenvalue weighted by Gasteiger charge is -2.14. The van der Waals surface area contributed by atoms with Crippen LogP contribution in [0.2, 0.25) is 0 Å². The van der Waals surface area contributed by atoms with Crippen molar-refractivity contribution in [3.8, 4) is 5.75 Å². The molecule has 2 rings (SSSR count). The number of hydrogen-bond donors (Lipinski definition) is 0. The second-order valence-corrected chi connectivity index (χ2v) is 5.18. The van der Waals surface area contributed by atoms with Crippen molar-refractivity contribution in [1.29, 1.82) is 0 Å². The van der Waals surface area contributed by atoms with Gasteiger partial charge in [-0.3, -0.25) is 4.98 Å². The lowest BCUT2D eigenvalue weighted by atomic mass is 10.1. The van der Waals surface area contributed by atoms with Gasteiger partial charge in [0, 0.05) is 11.8 Å². The van der Waals surface area contributed by atoms with Crippen LogP contribution in [0.1, 0.15) is 32.7 Å². The van der Waals surface area contributed by atoms with E-state index in [9.17, 15) is 4.79 Å². The summed E-state index contributed by atoms with van der Waals surface area (Å²) in [7, 11) is 1.58. The number of hydrogen-bond acceptors (Lipinski definition) is 4. The molecular formula is C17H19Cl2NO3. The van der Waals surface area contributed by atoms with E-state index in [-0.39, 0.29) is 25.0 Å². The molecule has 23 heavy (non-hydrogen) atoms. The van der Waals surface area contributed by atoms with Crippen molar-refractivity contribution in [1.82, 2.24) is 4.98 Å². The van der Waals surface area contributed by atoms with Crippen LogP contribution >= 0.6 is 24.0 Å². The minimum Gasteiger partial charge on any atom is -0.496 e. The molecule has 0 bridgehead atoms. The Morgan fingerprint density at radius 2 is 1.96 bits per heavy atom. The summed E-state index contributed by atoms with van der Waals surface area (Å²) in [6, 6.07) is 7.31. The van der Waals surface area contributed by atoms with E-state index < -0.39 is 0 Å². The van der Waals surface area contributed by atoms with Gasteiger partial charge in [-0.05, 0) is 25.5 Å². The number of halogens is 2. The van der Waals surface area contributed by atoms with Crippen LogP contribution < -0.4 is 4.74 Å². The highest BCUT2D eigenvalue weighted by atomic mass is 35.5. The summed E-state index contributed by atoms with van der Waals surface area (Å²) in [5, 5.41) is 0. The van der Waals surface area contributed by atoms with Gasteiger partial charge < -0.3 is 9.47 Å². The SMILES string of the molecule is COc1c(COC(=O)c2ccccc2C)cnc(CCl)c1C.Cl. The van der Waals surface area contributed by atoms with Crippen molar-refractivity contribution in [2.45, 2.75) is 26.3 Å². The average Bonchev–Trinajstić information content (AvgIpc) is 2.53. The number of esters is 1. The zero-order valence-electron chi connectivity index (χ0n) is 13.3. The molecule has 0 radical (unpaired) electrons. The van der Waals surface area contributed by atoms with Crippen LogP contribution in [0.3, 0.4) is 0 Å². The molecule has 0 atom stereocenters. The molecule has 1 heterocycles. The number of aryl methyl sites for hydroxylation is 1. The number of ether oxygens (including phenoxy) is 2. The van der Waals surface area contributed by atoms with E-state index in [0.29, 0.717) is 17.2 Å². The molecule has 124 valence electrons. The maximum absolute atomic E-state index is 12.1. The summed E-state index contributed by atoms with van der Waals surface area (Å²) >= 11 is 5.84. The summed E-state index contributed by atoms with van der Waals surface area (Å²) in [5.74, 6) is 0.605. The number of aromatic nitrogens is 1. The number of carbonyl (C=O) groups excluding carboxylic acids is 1. The van der Waals surface area contributed by atoms with Gasteiger partial charge >= 0.3 is 5.97 Å². The fraction of sp³-hybridized carbons (Fsp3) is 0.294. The molecule has 0 saturated carbocycles. The lowest BCUT2D eigenvalue weighted by Crippen LogP contribution is -2.09. The Morgan fingerprint density at radius 1 is 1.26 bits per heavy atom. The first-order valence-electron chi connectivity index (χ1n) is 6.88. The standard InChI is InChI=1S/C17H18ClNO3.ClH/c1-11-6-4-5-7-14(11)17(20)22-10-13-9-19-15(8-18)12(2)16(13)21-3;/h4-7,9H,8,10H2,1-3H3;1H. The highest BCUT2D eigenvalue weighted by Gasteiger charge is 2.15. The van der Waals surface area contributed by atoms with Crippen LogP contribution in [0, 0.1) is 13.8 Å². The molecule has 0 aliphatic rings. The van der Waals surface area contributed by atoms with Gasteiger partial charge in [-0.2, -0.15) is 0 Å². The van der Waals surface area contributed by atoms with Crippen LogP contribution in [-0.2, 0) is 17.2 Å². The predicted molar refractivity (Wildman–Crippen MR) is 92.6 cm³/mol. The predicted octanol–water partition coefficient (Wildman–Crippen LogP) is 4.22. The van der Waals surface area contributed by atoms with Crippen molar-refractivity contribution in [3.05, 3.63) is 58.4 Å². The molecule has 4 nitrogen and oxygen atoms in total. The molecular weight excluding hydrogens is 337 g/mol. The number of alkyl halides is 1. The topological polar surface area (TPSA) is 48.4 Å². The molecule has 0 aliphatic carbocycles. The zero-order valence-corrected chi connectivity index (χ0v) is 14.8. The molecule has 0 spiro atoms. The first-order valence-corrected chi connectivity index (χ1v) is 7.42. The molecule has 0 amide bonds. The molecule has 0 unspecified atom stereocenters. The minimum atomic E-state index is -0.362. The van der Waals surface area contributed by atoms with Gasteiger partial charge in [0.25, 0.3) is 0 Å². The third kappa shape index (κ3) is 4.36. The second kappa shape index (κ2) is 8.75. The molecule has 0 N–H and O–H groups in total. The Hall–Kier alpha value is -1.78. The number of rotatable bonds is 5. The van der Waals surface area contributed by atoms with Crippen LogP contribution in [0.25, 0.3) is 0 Å². The summed E-state index contributed by atoms with van der Waals surface area (Å²) < 4.78 is 10.8. The van der Waals surface area contributed by atoms with E-state index in [1.165, 1.54) is 0 Å². The largest absolute Gasteiger partial charge is 0.496 e. The van der Waals surface area contributed by atoms with Gasteiger partial charge in [-0.15, -0.1) is 24.0 Å².